The van der Waals surface area contributed by atoms with E-state index in [1.165, 1.54) is 0 Å². The van der Waals surface area contributed by atoms with Gasteiger partial charge in [0.15, 0.2) is 0 Å². The van der Waals surface area contributed by atoms with E-state index < -0.39 is 0 Å². The first-order valence-electron chi connectivity index (χ1n) is 7.11. The second-order valence-electron chi connectivity index (χ2n) is 5.57. The molecule has 2 aromatic rings. The molecule has 1 aliphatic rings. The lowest BCUT2D eigenvalue weighted by Gasteiger charge is -2.24. The second kappa shape index (κ2) is 5.24. The molecule has 3 rings (SSSR count). The van der Waals surface area contributed by atoms with Gasteiger partial charge in [0.2, 0.25) is 5.91 Å². The number of nitrogens with zero attached hydrogens (tertiary/aromatic N) is 2. The van der Waals surface area contributed by atoms with E-state index in [2.05, 4.69) is 24.3 Å². The van der Waals surface area contributed by atoms with Gasteiger partial charge in [-0.15, -0.1) is 0 Å². The highest BCUT2D eigenvalue weighted by Crippen LogP contribution is 2.38. The van der Waals surface area contributed by atoms with E-state index in [0.717, 1.165) is 22.7 Å². The fourth-order valence-corrected chi connectivity index (χ4v) is 2.79. The molecule has 1 aromatic heterocycles. The summed E-state index contributed by atoms with van der Waals surface area (Å²) >= 11 is 0. The van der Waals surface area contributed by atoms with Crippen LogP contribution < -0.4 is 10.1 Å². The van der Waals surface area contributed by atoms with Gasteiger partial charge in [-0.3, -0.25) is 4.79 Å². The predicted molar refractivity (Wildman–Crippen MR) is 80.7 cm³/mol. The molecule has 0 radical (unpaired) electrons. The third-order valence-electron chi connectivity index (χ3n) is 3.83. The summed E-state index contributed by atoms with van der Waals surface area (Å²) in [5.74, 6) is 1.67. The molecule has 110 valence electrons. The molecule has 0 fully saturated rings. The quantitative estimate of drug-likeness (QED) is 0.943. The minimum atomic E-state index is 0.0244. The summed E-state index contributed by atoms with van der Waals surface area (Å²) in [6.07, 6.45) is 2.29. The number of methoxy groups -OCH3 is 1. The number of benzene rings is 1. The Bertz CT molecular complexity index is 676. The molecule has 1 amide bonds. The summed E-state index contributed by atoms with van der Waals surface area (Å²) in [5, 5.41) is 7.37. The van der Waals surface area contributed by atoms with Crippen LogP contribution in [0.1, 0.15) is 43.4 Å². The molecule has 21 heavy (non-hydrogen) atoms. The molecule has 0 unspecified atom stereocenters. The summed E-state index contributed by atoms with van der Waals surface area (Å²) in [6, 6.07) is 8.08. The molecular weight excluding hydrogens is 266 g/mol. The van der Waals surface area contributed by atoms with E-state index in [1.54, 1.807) is 7.11 Å². The zero-order valence-corrected chi connectivity index (χ0v) is 12.5. The Balaban J connectivity index is 2.07. The maximum Gasteiger partial charge on any atom is 0.226 e. The maximum atomic E-state index is 12.1. The number of carbonyl (C=O) groups is 1. The molecule has 0 spiro atoms. The Hall–Kier alpha value is -2.30. The molecule has 1 N–H and O–H groups in total. The maximum absolute atomic E-state index is 12.1. The van der Waals surface area contributed by atoms with Crippen LogP contribution >= 0.6 is 0 Å². The molecule has 1 aromatic carbocycles. The van der Waals surface area contributed by atoms with Gasteiger partial charge in [0.05, 0.1) is 13.3 Å². The van der Waals surface area contributed by atoms with Crippen molar-refractivity contribution in [2.24, 2.45) is 0 Å². The van der Waals surface area contributed by atoms with E-state index in [4.69, 9.17) is 4.74 Å². The lowest BCUT2D eigenvalue weighted by Crippen LogP contribution is -2.25. The first kappa shape index (κ1) is 13.7. The van der Waals surface area contributed by atoms with Crippen LogP contribution in [0.4, 0.5) is 5.82 Å². The summed E-state index contributed by atoms with van der Waals surface area (Å²) in [7, 11) is 1.65. The Morgan fingerprint density at radius 3 is 2.95 bits per heavy atom. The van der Waals surface area contributed by atoms with Gasteiger partial charge in [0.25, 0.3) is 0 Å². The Morgan fingerprint density at radius 2 is 2.24 bits per heavy atom. The minimum Gasteiger partial charge on any atom is -0.497 e. The van der Waals surface area contributed by atoms with Gasteiger partial charge in [0, 0.05) is 23.9 Å². The number of hydrogen-bond acceptors (Lipinski definition) is 3. The number of amides is 1. The van der Waals surface area contributed by atoms with Crippen molar-refractivity contribution < 1.29 is 9.53 Å². The van der Waals surface area contributed by atoms with Gasteiger partial charge >= 0.3 is 0 Å². The standard InChI is InChI=1S/C16H19N3O2/c1-10(2)19-16-14(9-17-19)13(8-15(20)18-16)11-5-4-6-12(7-11)21-3/h4-7,9-10,13H,8H2,1-3H3,(H,18,20)/t13-/m1/s1. The number of nitrogens with one attached hydrogen (secondary N) is 1. The van der Waals surface area contributed by atoms with Crippen molar-refractivity contribution in [2.75, 3.05) is 12.4 Å². The normalized spacial score (nSPS) is 17.5. The third-order valence-corrected chi connectivity index (χ3v) is 3.83. The van der Waals surface area contributed by atoms with E-state index in [1.807, 2.05) is 35.1 Å². The van der Waals surface area contributed by atoms with Crippen LogP contribution in [0, 0.1) is 0 Å². The van der Waals surface area contributed by atoms with Crippen LogP contribution in [0.2, 0.25) is 0 Å². The molecule has 5 nitrogen and oxygen atoms in total. The summed E-state index contributed by atoms with van der Waals surface area (Å²) in [4.78, 5) is 12.1. The zero-order chi connectivity index (χ0) is 15.0. The van der Waals surface area contributed by atoms with Crippen molar-refractivity contribution in [3.8, 4) is 5.75 Å². The molecule has 5 heteroatoms. The number of hydrogen-bond donors (Lipinski definition) is 1. The number of carbonyl (C=O) groups excluding carboxylic acids is 1. The molecule has 1 aliphatic heterocycles. The van der Waals surface area contributed by atoms with E-state index in [-0.39, 0.29) is 17.9 Å². The topological polar surface area (TPSA) is 56.1 Å². The van der Waals surface area contributed by atoms with Gasteiger partial charge in [-0.2, -0.15) is 5.10 Å². The van der Waals surface area contributed by atoms with Crippen LogP contribution in [-0.4, -0.2) is 22.8 Å². The predicted octanol–water partition coefficient (Wildman–Crippen LogP) is 2.95. The monoisotopic (exact) mass is 285 g/mol. The van der Waals surface area contributed by atoms with Crippen molar-refractivity contribution in [1.82, 2.24) is 9.78 Å². The number of rotatable bonds is 3. The van der Waals surface area contributed by atoms with E-state index in [9.17, 15) is 4.79 Å². The van der Waals surface area contributed by atoms with Gasteiger partial charge < -0.3 is 10.1 Å². The summed E-state index contributed by atoms with van der Waals surface area (Å²) in [6.45, 7) is 4.10. The van der Waals surface area contributed by atoms with Crippen LogP contribution in [0.3, 0.4) is 0 Å². The molecule has 0 saturated heterocycles. The Morgan fingerprint density at radius 1 is 1.43 bits per heavy atom. The Kier molecular flexibility index (Phi) is 3.41. The van der Waals surface area contributed by atoms with Crippen LogP contribution in [-0.2, 0) is 4.79 Å². The molecular formula is C16H19N3O2. The fourth-order valence-electron chi connectivity index (χ4n) is 2.79. The second-order valence-corrected chi connectivity index (χ2v) is 5.57. The molecule has 0 aliphatic carbocycles. The van der Waals surface area contributed by atoms with Crippen molar-refractivity contribution in [3.63, 3.8) is 0 Å². The molecule has 1 atom stereocenters. The smallest absolute Gasteiger partial charge is 0.226 e. The largest absolute Gasteiger partial charge is 0.497 e. The number of ether oxygens (including phenoxy) is 1. The molecule has 0 bridgehead atoms. The molecule has 2 heterocycles. The average Bonchev–Trinajstić information content (AvgIpc) is 2.90. The highest BCUT2D eigenvalue weighted by atomic mass is 16.5. The highest BCUT2D eigenvalue weighted by Gasteiger charge is 2.30. The highest BCUT2D eigenvalue weighted by molar-refractivity contribution is 5.94. The van der Waals surface area contributed by atoms with Gasteiger partial charge in [0.1, 0.15) is 11.6 Å². The number of aromatic nitrogens is 2. The van der Waals surface area contributed by atoms with Gasteiger partial charge in [-0.25, -0.2) is 4.68 Å². The van der Waals surface area contributed by atoms with Crippen molar-refractivity contribution in [3.05, 3.63) is 41.6 Å². The fraction of sp³-hybridized carbons (Fsp3) is 0.375. The first-order valence-corrected chi connectivity index (χ1v) is 7.11. The third kappa shape index (κ3) is 2.39. The van der Waals surface area contributed by atoms with Gasteiger partial charge in [-0.05, 0) is 31.5 Å². The van der Waals surface area contributed by atoms with E-state index in [0.29, 0.717) is 6.42 Å². The zero-order valence-electron chi connectivity index (χ0n) is 12.5. The van der Waals surface area contributed by atoms with Crippen molar-refractivity contribution in [1.29, 1.82) is 0 Å². The minimum absolute atomic E-state index is 0.0244. The Labute approximate surface area is 123 Å². The van der Waals surface area contributed by atoms with Crippen molar-refractivity contribution in [2.45, 2.75) is 32.2 Å². The lowest BCUT2D eigenvalue weighted by molar-refractivity contribution is -0.116. The number of fused-ring (bicyclic) bond motifs is 1. The van der Waals surface area contributed by atoms with Crippen LogP contribution in [0.5, 0.6) is 5.75 Å². The average molecular weight is 285 g/mol. The van der Waals surface area contributed by atoms with Crippen molar-refractivity contribution >= 4 is 11.7 Å². The summed E-state index contributed by atoms with van der Waals surface area (Å²) in [5.41, 5.74) is 2.14. The SMILES string of the molecule is COc1cccc([C@H]2CC(=O)Nc3c2cnn3C(C)C)c1. The van der Waals surface area contributed by atoms with Crippen LogP contribution in [0.15, 0.2) is 30.5 Å². The van der Waals surface area contributed by atoms with Gasteiger partial charge in [-0.1, -0.05) is 12.1 Å². The first-order chi connectivity index (χ1) is 10.1. The van der Waals surface area contributed by atoms with E-state index >= 15 is 0 Å². The lowest BCUT2D eigenvalue weighted by atomic mass is 9.87. The molecule has 0 saturated carbocycles. The summed E-state index contributed by atoms with van der Waals surface area (Å²) < 4.78 is 7.14. The number of anilines is 1. The van der Waals surface area contributed by atoms with Crippen LogP contribution in [0.25, 0.3) is 0 Å².